The predicted molar refractivity (Wildman–Crippen MR) is 101 cm³/mol. The summed E-state index contributed by atoms with van der Waals surface area (Å²) in [6.45, 7) is 4.03. The summed E-state index contributed by atoms with van der Waals surface area (Å²) in [7, 11) is 0. The van der Waals surface area contributed by atoms with Crippen LogP contribution < -0.4 is 10.6 Å². The van der Waals surface area contributed by atoms with Crippen molar-refractivity contribution in [2.75, 3.05) is 10.6 Å². The third-order valence-corrected chi connectivity index (χ3v) is 3.92. The molecular formula is C18H17BrFN5. The van der Waals surface area contributed by atoms with Gasteiger partial charge in [0.1, 0.15) is 11.6 Å². The van der Waals surface area contributed by atoms with Gasteiger partial charge < -0.3 is 10.6 Å². The molecular weight excluding hydrogens is 385 g/mol. The lowest BCUT2D eigenvalue weighted by Gasteiger charge is -2.13. The van der Waals surface area contributed by atoms with Gasteiger partial charge in [-0.2, -0.15) is 4.98 Å². The third kappa shape index (κ3) is 4.51. The molecule has 128 valence electrons. The van der Waals surface area contributed by atoms with Gasteiger partial charge in [-0.05, 0) is 60.1 Å². The van der Waals surface area contributed by atoms with E-state index in [1.165, 1.54) is 12.1 Å². The van der Waals surface area contributed by atoms with Crippen molar-refractivity contribution in [3.8, 4) is 11.4 Å². The number of pyridine rings is 1. The molecule has 0 spiro atoms. The van der Waals surface area contributed by atoms with Crippen LogP contribution in [-0.4, -0.2) is 21.0 Å². The molecule has 7 heteroatoms. The molecule has 0 atom stereocenters. The van der Waals surface area contributed by atoms with E-state index in [0.717, 1.165) is 5.69 Å². The normalized spacial score (nSPS) is 10.8. The zero-order valence-corrected chi connectivity index (χ0v) is 15.4. The molecule has 0 aliphatic heterocycles. The SMILES string of the molecule is CC(C)Nc1nc(Nc2ccc(F)cc2Br)cc(-c2ccccn2)n1. The summed E-state index contributed by atoms with van der Waals surface area (Å²) >= 11 is 3.35. The van der Waals surface area contributed by atoms with Crippen molar-refractivity contribution < 1.29 is 4.39 Å². The molecule has 25 heavy (non-hydrogen) atoms. The Morgan fingerprint density at radius 2 is 1.88 bits per heavy atom. The third-order valence-electron chi connectivity index (χ3n) is 3.27. The highest BCUT2D eigenvalue weighted by Crippen LogP contribution is 2.28. The fourth-order valence-electron chi connectivity index (χ4n) is 2.21. The van der Waals surface area contributed by atoms with Gasteiger partial charge in [0.25, 0.3) is 0 Å². The maximum atomic E-state index is 13.3. The second-order valence-electron chi connectivity index (χ2n) is 5.73. The van der Waals surface area contributed by atoms with E-state index in [0.29, 0.717) is 27.6 Å². The van der Waals surface area contributed by atoms with Crippen LogP contribution in [-0.2, 0) is 0 Å². The van der Waals surface area contributed by atoms with E-state index >= 15 is 0 Å². The number of benzene rings is 1. The Balaban J connectivity index is 2.00. The number of nitrogens with zero attached hydrogens (tertiary/aromatic N) is 3. The van der Waals surface area contributed by atoms with Gasteiger partial charge in [0.05, 0.1) is 17.1 Å². The standard InChI is InChI=1S/C18H17BrFN5/c1-11(2)22-18-24-16(15-5-3-4-8-21-15)10-17(25-18)23-14-7-6-12(20)9-13(14)19/h3-11H,1-2H3,(H2,22,23,24,25). The van der Waals surface area contributed by atoms with Crippen molar-refractivity contribution >= 4 is 33.4 Å². The first-order valence-corrected chi connectivity index (χ1v) is 8.59. The second-order valence-corrected chi connectivity index (χ2v) is 6.58. The average molecular weight is 402 g/mol. The smallest absolute Gasteiger partial charge is 0.225 e. The summed E-state index contributed by atoms with van der Waals surface area (Å²) < 4.78 is 13.9. The van der Waals surface area contributed by atoms with E-state index in [1.54, 1.807) is 12.3 Å². The van der Waals surface area contributed by atoms with Crippen molar-refractivity contribution in [2.24, 2.45) is 0 Å². The summed E-state index contributed by atoms with van der Waals surface area (Å²) in [5.41, 5.74) is 2.15. The lowest BCUT2D eigenvalue weighted by molar-refractivity contribution is 0.627. The highest BCUT2D eigenvalue weighted by atomic mass is 79.9. The van der Waals surface area contributed by atoms with Gasteiger partial charge in [-0.3, -0.25) is 4.98 Å². The van der Waals surface area contributed by atoms with E-state index in [-0.39, 0.29) is 11.9 Å². The molecule has 0 radical (unpaired) electrons. The molecule has 0 aliphatic rings. The first-order chi connectivity index (χ1) is 12.0. The van der Waals surface area contributed by atoms with E-state index in [9.17, 15) is 4.39 Å². The van der Waals surface area contributed by atoms with E-state index in [4.69, 9.17) is 0 Å². The number of halogens is 2. The second kappa shape index (κ2) is 7.57. The van der Waals surface area contributed by atoms with Gasteiger partial charge in [0.15, 0.2) is 0 Å². The van der Waals surface area contributed by atoms with Crippen LogP contribution in [0.4, 0.5) is 21.8 Å². The summed E-state index contributed by atoms with van der Waals surface area (Å²) in [5, 5.41) is 6.39. The van der Waals surface area contributed by atoms with Crippen LogP contribution in [0.15, 0.2) is 53.1 Å². The number of hydrogen-bond acceptors (Lipinski definition) is 5. The van der Waals surface area contributed by atoms with Crippen molar-refractivity contribution in [3.05, 3.63) is 59.0 Å². The maximum Gasteiger partial charge on any atom is 0.225 e. The summed E-state index contributed by atoms with van der Waals surface area (Å²) in [6.07, 6.45) is 1.72. The zero-order valence-electron chi connectivity index (χ0n) is 13.8. The van der Waals surface area contributed by atoms with Crippen LogP contribution in [0.1, 0.15) is 13.8 Å². The van der Waals surface area contributed by atoms with Crippen LogP contribution >= 0.6 is 15.9 Å². The molecule has 2 heterocycles. The molecule has 3 aromatic rings. The topological polar surface area (TPSA) is 62.7 Å². The van der Waals surface area contributed by atoms with Crippen molar-refractivity contribution in [1.82, 2.24) is 15.0 Å². The highest BCUT2D eigenvalue weighted by Gasteiger charge is 2.10. The van der Waals surface area contributed by atoms with Crippen molar-refractivity contribution in [3.63, 3.8) is 0 Å². The zero-order chi connectivity index (χ0) is 17.8. The van der Waals surface area contributed by atoms with Gasteiger partial charge >= 0.3 is 0 Å². The predicted octanol–water partition coefficient (Wildman–Crippen LogP) is 5.00. The molecule has 0 unspecified atom stereocenters. The lowest BCUT2D eigenvalue weighted by atomic mass is 10.2. The fraction of sp³-hybridized carbons (Fsp3) is 0.167. The van der Waals surface area contributed by atoms with Gasteiger partial charge in [-0.25, -0.2) is 9.37 Å². The first-order valence-electron chi connectivity index (χ1n) is 7.80. The van der Waals surface area contributed by atoms with Crippen LogP contribution in [0.2, 0.25) is 0 Å². The minimum absolute atomic E-state index is 0.185. The number of anilines is 3. The quantitative estimate of drug-likeness (QED) is 0.629. The molecule has 3 rings (SSSR count). The first kappa shape index (κ1) is 17.3. The fourth-order valence-corrected chi connectivity index (χ4v) is 2.66. The Bertz CT molecular complexity index is 871. The Hall–Kier alpha value is -2.54. The summed E-state index contributed by atoms with van der Waals surface area (Å²) in [5.74, 6) is 0.779. The number of hydrogen-bond donors (Lipinski definition) is 2. The summed E-state index contributed by atoms with van der Waals surface area (Å²) in [4.78, 5) is 13.3. The van der Waals surface area contributed by atoms with Crippen molar-refractivity contribution in [1.29, 1.82) is 0 Å². The van der Waals surface area contributed by atoms with Gasteiger partial charge in [-0.15, -0.1) is 0 Å². The van der Waals surface area contributed by atoms with E-state index in [1.807, 2.05) is 38.1 Å². The molecule has 0 aliphatic carbocycles. The monoisotopic (exact) mass is 401 g/mol. The van der Waals surface area contributed by atoms with Gasteiger partial charge in [0, 0.05) is 22.8 Å². The molecule has 5 nitrogen and oxygen atoms in total. The van der Waals surface area contributed by atoms with Crippen LogP contribution in [0.25, 0.3) is 11.4 Å². The maximum absolute atomic E-state index is 13.3. The molecule has 0 fully saturated rings. The average Bonchev–Trinajstić information content (AvgIpc) is 2.57. The molecule has 0 amide bonds. The van der Waals surface area contributed by atoms with Crippen LogP contribution in [0.5, 0.6) is 0 Å². The summed E-state index contributed by atoms with van der Waals surface area (Å²) in [6, 6.07) is 12.1. The molecule has 0 bridgehead atoms. The molecule has 0 saturated carbocycles. The molecule has 2 aromatic heterocycles. The number of aromatic nitrogens is 3. The molecule has 0 saturated heterocycles. The molecule has 2 N–H and O–H groups in total. The Morgan fingerprint density at radius 1 is 1.04 bits per heavy atom. The molecule has 1 aromatic carbocycles. The van der Waals surface area contributed by atoms with Gasteiger partial charge in [0.2, 0.25) is 5.95 Å². The van der Waals surface area contributed by atoms with Crippen molar-refractivity contribution in [2.45, 2.75) is 19.9 Å². The van der Waals surface area contributed by atoms with E-state index in [2.05, 4.69) is 41.5 Å². The Kier molecular flexibility index (Phi) is 5.23. The lowest BCUT2D eigenvalue weighted by Crippen LogP contribution is -2.13. The number of nitrogens with one attached hydrogen (secondary N) is 2. The Morgan fingerprint density at radius 3 is 2.56 bits per heavy atom. The number of rotatable bonds is 5. The van der Waals surface area contributed by atoms with Crippen LogP contribution in [0, 0.1) is 5.82 Å². The minimum Gasteiger partial charge on any atom is -0.352 e. The van der Waals surface area contributed by atoms with Gasteiger partial charge in [-0.1, -0.05) is 6.07 Å². The largest absolute Gasteiger partial charge is 0.352 e. The van der Waals surface area contributed by atoms with E-state index < -0.39 is 0 Å². The highest BCUT2D eigenvalue weighted by molar-refractivity contribution is 9.10. The minimum atomic E-state index is -0.309. The van der Waals surface area contributed by atoms with Crippen LogP contribution in [0.3, 0.4) is 0 Å². The Labute approximate surface area is 153 Å².